The number of nitrogens with zero attached hydrogens (tertiary/aromatic N) is 1. The quantitative estimate of drug-likeness (QED) is 0.832. The third-order valence-corrected chi connectivity index (χ3v) is 4.30. The normalized spacial score (nSPS) is 12.1. The first kappa shape index (κ1) is 13.5. The molecule has 0 saturated carbocycles. The Balaban J connectivity index is 2.17. The predicted molar refractivity (Wildman–Crippen MR) is 84.2 cm³/mol. The van der Waals surface area contributed by atoms with Gasteiger partial charge in [-0.15, -0.1) is 11.3 Å². The highest BCUT2D eigenvalue weighted by Crippen LogP contribution is 2.28. The molecule has 94 valence electrons. The molecule has 0 aliphatic rings. The lowest BCUT2D eigenvalue weighted by molar-refractivity contribution is 0.869. The maximum Gasteiger partial charge on any atom is 0.115 e. The molecular weight excluding hydrogens is 330 g/mol. The molecule has 0 bridgehead atoms. The first-order valence-corrected chi connectivity index (χ1v) is 7.41. The average molecular weight is 342 g/mol. The van der Waals surface area contributed by atoms with Crippen molar-refractivity contribution in [2.45, 2.75) is 13.0 Å². The SMILES string of the molecule is CC(Nc1ccc(C(N)=S)cc1Br)c1nccs1. The van der Waals surface area contributed by atoms with Crippen LogP contribution < -0.4 is 11.1 Å². The number of anilines is 1. The smallest absolute Gasteiger partial charge is 0.115 e. The Morgan fingerprint density at radius 2 is 2.33 bits per heavy atom. The minimum atomic E-state index is 0.164. The van der Waals surface area contributed by atoms with Gasteiger partial charge in [-0.2, -0.15) is 0 Å². The van der Waals surface area contributed by atoms with Crippen molar-refractivity contribution in [3.63, 3.8) is 0 Å². The number of thiazole rings is 1. The lowest BCUT2D eigenvalue weighted by Crippen LogP contribution is -2.10. The van der Waals surface area contributed by atoms with E-state index in [-0.39, 0.29) is 6.04 Å². The van der Waals surface area contributed by atoms with Crippen LogP contribution in [0.2, 0.25) is 0 Å². The number of hydrogen-bond acceptors (Lipinski definition) is 4. The average Bonchev–Trinajstić information content (AvgIpc) is 2.85. The first-order chi connectivity index (χ1) is 8.58. The van der Waals surface area contributed by atoms with Gasteiger partial charge in [-0.1, -0.05) is 12.2 Å². The molecule has 3 nitrogen and oxygen atoms in total. The lowest BCUT2D eigenvalue weighted by atomic mass is 10.2. The van der Waals surface area contributed by atoms with Gasteiger partial charge < -0.3 is 11.1 Å². The largest absolute Gasteiger partial charge is 0.389 e. The lowest BCUT2D eigenvalue weighted by Gasteiger charge is -2.14. The van der Waals surface area contributed by atoms with E-state index in [1.54, 1.807) is 11.3 Å². The van der Waals surface area contributed by atoms with Crippen molar-refractivity contribution >= 4 is 50.2 Å². The second-order valence-electron chi connectivity index (χ2n) is 3.80. The van der Waals surface area contributed by atoms with Crippen molar-refractivity contribution in [2.24, 2.45) is 5.73 Å². The topological polar surface area (TPSA) is 50.9 Å². The number of thiocarbonyl (C=S) groups is 1. The van der Waals surface area contributed by atoms with Gasteiger partial charge in [0.1, 0.15) is 10.00 Å². The molecule has 3 N–H and O–H groups in total. The van der Waals surface area contributed by atoms with Gasteiger partial charge in [0.2, 0.25) is 0 Å². The third kappa shape index (κ3) is 3.07. The number of nitrogens with one attached hydrogen (secondary N) is 1. The zero-order valence-electron chi connectivity index (χ0n) is 9.68. The molecule has 1 aromatic carbocycles. The molecule has 1 aromatic heterocycles. The highest BCUT2D eigenvalue weighted by Gasteiger charge is 2.10. The fraction of sp³-hybridized carbons (Fsp3) is 0.167. The number of aromatic nitrogens is 1. The third-order valence-electron chi connectivity index (χ3n) is 2.45. The molecule has 2 aromatic rings. The summed E-state index contributed by atoms with van der Waals surface area (Å²) in [5.41, 5.74) is 7.44. The predicted octanol–water partition coefficient (Wildman–Crippen LogP) is 3.71. The van der Waals surface area contributed by atoms with E-state index in [0.29, 0.717) is 4.99 Å². The van der Waals surface area contributed by atoms with Crippen LogP contribution in [0.5, 0.6) is 0 Å². The van der Waals surface area contributed by atoms with Gasteiger partial charge in [0, 0.05) is 27.3 Å². The zero-order valence-corrected chi connectivity index (χ0v) is 12.9. The van der Waals surface area contributed by atoms with Crippen LogP contribution in [-0.2, 0) is 0 Å². The second-order valence-corrected chi connectivity index (χ2v) is 6.02. The summed E-state index contributed by atoms with van der Waals surface area (Å²) in [4.78, 5) is 4.69. The van der Waals surface area contributed by atoms with Gasteiger partial charge in [-0.3, -0.25) is 0 Å². The summed E-state index contributed by atoms with van der Waals surface area (Å²) in [5, 5.41) is 6.42. The summed E-state index contributed by atoms with van der Waals surface area (Å²) in [6.45, 7) is 2.08. The molecule has 1 unspecified atom stereocenters. The van der Waals surface area contributed by atoms with Crippen LogP contribution in [0.15, 0.2) is 34.2 Å². The van der Waals surface area contributed by atoms with E-state index in [1.165, 1.54) is 0 Å². The summed E-state index contributed by atoms with van der Waals surface area (Å²) < 4.78 is 0.941. The van der Waals surface area contributed by atoms with Crippen molar-refractivity contribution in [3.8, 4) is 0 Å². The van der Waals surface area contributed by atoms with E-state index in [9.17, 15) is 0 Å². The van der Waals surface area contributed by atoms with E-state index in [4.69, 9.17) is 18.0 Å². The van der Waals surface area contributed by atoms with Gasteiger partial charge >= 0.3 is 0 Å². The summed E-state index contributed by atoms with van der Waals surface area (Å²) >= 11 is 10.1. The zero-order chi connectivity index (χ0) is 13.1. The Bertz CT molecular complexity index is 554. The van der Waals surface area contributed by atoms with E-state index in [1.807, 2.05) is 29.8 Å². The highest BCUT2D eigenvalue weighted by atomic mass is 79.9. The minimum absolute atomic E-state index is 0.164. The van der Waals surface area contributed by atoms with Gasteiger partial charge in [0.05, 0.1) is 6.04 Å². The molecule has 0 aliphatic carbocycles. The van der Waals surface area contributed by atoms with Gasteiger partial charge in [0.15, 0.2) is 0 Å². The van der Waals surface area contributed by atoms with Crippen molar-refractivity contribution in [1.82, 2.24) is 4.98 Å². The molecule has 0 fully saturated rings. The molecule has 0 radical (unpaired) electrons. The number of nitrogens with two attached hydrogens (primary N) is 1. The van der Waals surface area contributed by atoms with Gasteiger partial charge in [0.25, 0.3) is 0 Å². The number of hydrogen-bond donors (Lipinski definition) is 2. The highest BCUT2D eigenvalue weighted by molar-refractivity contribution is 9.10. The van der Waals surface area contributed by atoms with Crippen LogP contribution in [0.25, 0.3) is 0 Å². The Hall–Kier alpha value is -0.980. The van der Waals surface area contributed by atoms with Crippen molar-refractivity contribution in [1.29, 1.82) is 0 Å². The molecule has 1 atom stereocenters. The van der Waals surface area contributed by atoms with Crippen LogP contribution in [0.3, 0.4) is 0 Å². The van der Waals surface area contributed by atoms with E-state index < -0.39 is 0 Å². The molecule has 18 heavy (non-hydrogen) atoms. The standard InChI is InChI=1S/C12H12BrN3S2/c1-7(12-15-4-5-18-12)16-10-3-2-8(11(14)17)6-9(10)13/h2-7,16H,1H3,(H2,14,17). The molecule has 0 aliphatic heterocycles. The monoisotopic (exact) mass is 341 g/mol. The maximum atomic E-state index is 5.59. The molecule has 1 heterocycles. The molecule has 0 saturated heterocycles. The van der Waals surface area contributed by atoms with Crippen LogP contribution in [0.1, 0.15) is 23.5 Å². The number of halogens is 1. The van der Waals surface area contributed by atoms with Gasteiger partial charge in [-0.05, 0) is 41.1 Å². The van der Waals surface area contributed by atoms with Crippen molar-refractivity contribution < 1.29 is 0 Å². The van der Waals surface area contributed by atoms with Gasteiger partial charge in [-0.25, -0.2) is 4.98 Å². The van der Waals surface area contributed by atoms with Crippen molar-refractivity contribution in [2.75, 3.05) is 5.32 Å². The first-order valence-electron chi connectivity index (χ1n) is 5.33. The molecular formula is C12H12BrN3S2. The van der Waals surface area contributed by atoms with Crippen molar-refractivity contribution in [3.05, 3.63) is 44.8 Å². The Labute approximate surface area is 124 Å². The van der Waals surface area contributed by atoms with E-state index in [0.717, 1.165) is 20.7 Å². The fourth-order valence-electron chi connectivity index (χ4n) is 1.53. The molecule has 6 heteroatoms. The summed E-state index contributed by atoms with van der Waals surface area (Å²) in [6.07, 6.45) is 1.81. The molecule has 0 amide bonds. The van der Waals surface area contributed by atoms with Crippen LogP contribution in [-0.4, -0.2) is 9.97 Å². The summed E-state index contributed by atoms with van der Waals surface area (Å²) in [5.74, 6) is 0. The fourth-order valence-corrected chi connectivity index (χ4v) is 2.79. The molecule has 0 spiro atoms. The Morgan fingerprint density at radius 1 is 1.56 bits per heavy atom. The molecule has 2 rings (SSSR count). The van der Waals surface area contributed by atoms with Crippen LogP contribution in [0.4, 0.5) is 5.69 Å². The maximum absolute atomic E-state index is 5.59. The summed E-state index contributed by atoms with van der Waals surface area (Å²) in [6, 6.07) is 5.95. The Kier molecular flexibility index (Phi) is 4.31. The number of rotatable bonds is 4. The second kappa shape index (κ2) is 5.77. The minimum Gasteiger partial charge on any atom is -0.389 e. The summed E-state index contributed by atoms with van der Waals surface area (Å²) in [7, 11) is 0. The van der Waals surface area contributed by atoms with Crippen LogP contribution in [0, 0.1) is 0 Å². The Morgan fingerprint density at radius 3 is 2.89 bits per heavy atom. The van der Waals surface area contributed by atoms with Crippen LogP contribution >= 0.6 is 39.5 Å². The number of benzene rings is 1. The van der Waals surface area contributed by atoms with E-state index in [2.05, 4.69) is 33.2 Å². The van der Waals surface area contributed by atoms with E-state index >= 15 is 0 Å².